The van der Waals surface area contributed by atoms with E-state index in [1.165, 1.54) is 18.2 Å². The molecule has 0 aliphatic heterocycles. The number of hydrogen-bond acceptors (Lipinski definition) is 4. The summed E-state index contributed by atoms with van der Waals surface area (Å²) in [4.78, 5) is 16.6. The lowest BCUT2D eigenvalue weighted by molar-refractivity contribution is -0.137. The molecule has 0 saturated heterocycles. The minimum atomic E-state index is -4.55. The van der Waals surface area contributed by atoms with E-state index in [1.54, 1.807) is 30.5 Å². The largest absolute Gasteiger partial charge is 0.418 e. The third kappa shape index (κ3) is 3.41. The molecule has 0 radical (unpaired) electrons. The molecule has 0 fully saturated rings. The molecule has 1 amide bonds. The van der Waals surface area contributed by atoms with Crippen LogP contribution in [-0.2, 0) is 6.18 Å². The number of pyridine rings is 1. The number of fused-ring (bicyclic) bond motifs is 1. The number of para-hydroxylation sites is 1. The van der Waals surface area contributed by atoms with Crippen LogP contribution < -0.4 is 5.32 Å². The van der Waals surface area contributed by atoms with Crippen LogP contribution in [0.5, 0.6) is 0 Å². The smallest absolute Gasteiger partial charge is 0.321 e. The van der Waals surface area contributed by atoms with Crippen molar-refractivity contribution in [1.82, 2.24) is 20.0 Å². The van der Waals surface area contributed by atoms with E-state index >= 15 is 0 Å². The van der Waals surface area contributed by atoms with Crippen molar-refractivity contribution < 1.29 is 18.0 Å². The minimum Gasteiger partial charge on any atom is -0.321 e. The molecular formula is C19H12F3N5O. The molecule has 4 aromatic rings. The zero-order chi connectivity index (χ0) is 19.7. The molecule has 0 unspecified atom stereocenters. The Kier molecular flexibility index (Phi) is 4.26. The lowest BCUT2D eigenvalue weighted by Gasteiger charge is -2.11. The van der Waals surface area contributed by atoms with Gasteiger partial charge < -0.3 is 5.32 Å². The number of benzene rings is 2. The molecule has 140 valence electrons. The van der Waals surface area contributed by atoms with Crippen molar-refractivity contribution in [1.29, 1.82) is 0 Å². The van der Waals surface area contributed by atoms with Crippen molar-refractivity contribution in [3.63, 3.8) is 0 Å². The Bertz CT molecular complexity index is 1170. The molecule has 0 bridgehead atoms. The summed E-state index contributed by atoms with van der Waals surface area (Å²) >= 11 is 0. The van der Waals surface area contributed by atoms with Gasteiger partial charge in [-0.2, -0.15) is 13.2 Å². The number of carbonyl (C=O) groups excluding carboxylic acids is 1. The fourth-order valence-electron chi connectivity index (χ4n) is 2.75. The summed E-state index contributed by atoms with van der Waals surface area (Å²) in [6.07, 6.45) is -1.73. The molecule has 0 saturated carbocycles. The molecule has 28 heavy (non-hydrogen) atoms. The number of rotatable bonds is 3. The van der Waals surface area contributed by atoms with E-state index in [0.29, 0.717) is 5.69 Å². The van der Waals surface area contributed by atoms with Crippen LogP contribution in [0.15, 0.2) is 67.0 Å². The highest BCUT2D eigenvalue weighted by atomic mass is 19.4. The number of halogens is 3. The lowest BCUT2D eigenvalue weighted by Crippen LogP contribution is -2.12. The zero-order valence-electron chi connectivity index (χ0n) is 14.2. The van der Waals surface area contributed by atoms with E-state index < -0.39 is 17.6 Å². The van der Waals surface area contributed by atoms with E-state index in [0.717, 1.165) is 27.8 Å². The van der Waals surface area contributed by atoms with Gasteiger partial charge in [-0.25, -0.2) is 4.68 Å². The van der Waals surface area contributed by atoms with Crippen LogP contribution >= 0.6 is 0 Å². The first-order valence-corrected chi connectivity index (χ1v) is 8.17. The van der Waals surface area contributed by atoms with Crippen LogP contribution in [0.3, 0.4) is 0 Å². The summed E-state index contributed by atoms with van der Waals surface area (Å²) in [5, 5.41) is 10.9. The van der Waals surface area contributed by atoms with Crippen molar-refractivity contribution in [2.24, 2.45) is 0 Å². The Labute approximate surface area is 156 Å². The van der Waals surface area contributed by atoms with Gasteiger partial charge in [0, 0.05) is 17.3 Å². The summed E-state index contributed by atoms with van der Waals surface area (Å²) in [5.41, 5.74) is 0.0985. The molecule has 9 heteroatoms. The second kappa shape index (κ2) is 6.76. The fraction of sp³-hybridized carbons (Fsp3) is 0.0526. The number of carbonyl (C=O) groups is 1. The van der Waals surface area contributed by atoms with Gasteiger partial charge in [-0.1, -0.05) is 23.4 Å². The van der Waals surface area contributed by atoms with Gasteiger partial charge >= 0.3 is 6.18 Å². The summed E-state index contributed by atoms with van der Waals surface area (Å²) in [7, 11) is 0. The number of aromatic nitrogens is 4. The third-order valence-corrected chi connectivity index (χ3v) is 4.04. The molecule has 0 aliphatic carbocycles. The van der Waals surface area contributed by atoms with Crippen molar-refractivity contribution in [3.05, 3.63) is 78.2 Å². The van der Waals surface area contributed by atoms with Crippen molar-refractivity contribution in [3.8, 4) is 5.69 Å². The van der Waals surface area contributed by atoms with E-state index in [-0.39, 0.29) is 11.4 Å². The van der Waals surface area contributed by atoms with Crippen LogP contribution in [0.4, 0.5) is 18.9 Å². The summed E-state index contributed by atoms with van der Waals surface area (Å²) in [6, 6.07) is 13.7. The van der Waals surface area contributed by atoms with Crippen molar-refractivity contribution >= 4 is 22.5 Å². The van der Waals surface area contributed by atoms with Gasteiger partial charge in [0.2, 0.25) is 0 Å². The molecule has 2 aromatic carbocycles. The average Bonchev–Trinajstić information content (AvgIpc) is 3.17. The number of nitrogens with zero attached hydrogens (tertiary/aromatic N) is 4. The minimum absolute atomic E-state index is 0.108. The predicted octanol–water partition coefficient (Wildman–Crippen LogP) is 4.09. The maximum absolute atomic E-state index is 13.2. The monoisotopic (exact) mass is 383 g/mol. The van der Waals surface area contributed by atoms with Crippen LogP contribution in [-0.4, -0.2) is 25.9 Å². The summed E-state index contributed by atoms with van der Waals surface area (Å²) in [6.45, 7) is 0. The Morgan fingerprint density at radius 3 is 2.68 bits per heavy atom. The maximum Gasteiger partial charge on any atom is 0.418 e. The van der Waals surface area contributed by atoms with Crippen LogP contribution in [0, 0.1) is 0 Å². The Morgan fingerprint density at radius 1 is 1.04 bits per heavy atom. The maximum atomic E-state index is 13.2. The quantitative estimate of drug-likeness (QED) is 0.578. The van der Waals surface area contributed by atoms with Crippen LogP contribution in [0.2, 0.25) is 0 Å². The molecule has 1 N–H and O–H groups in total. The highest BCUT2D eigenvalue weighted by Gasteiger charge is 2.34. The third-order valence-electron chi connectivity index (χ3n) is 4.04. The second-order valence-electron chi connectivity index (χ2n) is 5.93. The van der Waals surface area contributed by atoms with Gasteiger partial charge in [-0.05, 0) is 36.4 Å². The lowest BCUT2D eigenvalue weighted by atomic mass is 10.1. The van der Waals surface area contributed by atoms with Crippen molar-refractivity contribution in [2.75, 3.05) is 5.32 Å². The molecule has 0 aliphatic rings. The SMILES string of the molecule is O=C(Nc1ccc2ncccc2c1)c1cn(-c2ccccc2C(F)(F)F)nn1. The first-order chi connectivity index (χ1) is 13.4. The van der Waals surface area contributed by atoms with E-state index in [4.69, 9.17) is 0 Å². The number of amides is 1. The number of alkyl halides is 3. The molecule has 6 nitrogen and oxygen atoms in total. The van der Waals surface area contributed by atoms with Gasteiger partial charge in [0.15, 0.2) is 5.69 Å². The second-order valence-corrected chi connectivity index (χ2v) is 5.93. The van der Waals surface area contributed by atoms with Gasteiger partial charge in [0.25, 0.3) is 5.91 Å². The zero-order valence-corrected chi connectivity index (χ0v) is 14.2. The predicted molar refractivity (Wildman–Crippen MR) is 96.1 cm³/mol. The summed E-state index contributed by atoms with van der Waals surface area (Å²) < 4.78 is 40.4. The molecule has 2 heterocycles. The van der Waals surface area contributed by atoms with E-state index in [2.05, 4.69) is 20.6 Å². The Morgan fingerprint density at radius 2 is 1.86 bits per heavy atom. The fourth-order valence-corrected chi connectivity index (χ4v) is 2.75. The molecule has 0 atom stereocenters. The number of hydrogen-bond donors (Lipinski definition) is 1. The standard InChI is InChI=1S/C19H12F3N5O/c20-19(21,22)14-5-1-2-6-17(14)27-11-16(25-26-27)18(28)24-13-7-8-15-12(10-13)4-3-9-23-15/h1-11H,(H,24,28). The highest BCUT2D eigenvalue weighted by molar-refractivity contribution is 6.03. The molecular weight excluding hydrogens is 371 g/mol. The molecule has 2 aromatic heterocycles. The Balaban J connectivity index is 1.60. The van der Waals surface area contributed by atoms with Crippen LogP contribution in [0.1, 0.15) is 16.1 Å². The van der Waals surface area contributed by atoms with E-state index in [1.807, 2.05) is 6.07 Å². The topological polar surface area (TPSA) is 72.7 Å². The van der Waals surface area contributed by atoms with Gasteiger partial charge in [-0.15, -0.1) is 5.10 Å². The van der Waals surface area contributed by atoms with E-state index in [9.17, 15) is 18.0 Å². The van der Waals surface area contributed by atoms with Crippen molar-refractivity contribution in [2.45, 2.75) is 6.18 Å². The first kappa shape index (κ1) is 17.7. The average molecular weight is 383 g/mol. The highest BCUT2D eigenvalue weighted by Crippen LogP contribution is 2.33. The molecule has 0 spiro atoms. The van der Waals surface area contributed by atoms with Gasteiger partial charge in [0.1, 0.15) is 0 Å². The Hall–Kier alpha value is -3.75. The number of anilines is 1. The summed E-state index contributed by atoms with van der Waals surface area (Å²) in [5.74, 6) is -0.584. The number of nitrogens with one attached hydrogen (secondary N) is 1. The molecule has 4 rings (SSSR count). The van der Waals surface area contributed by atoms with Gasteiger partial charge in [0.05, 0.1) is 23.0 Å². The first-order valence-electron chi connectivity index (χ1n) is 8.17. The normalized spacial score (nSPS) is 11.5. The van der Waals surface area contributed by atoms with Gasteiger partial charge in [-0.3, -0.25) is 9.78 Å². The van der Waals surface area contributed by atoms with Crippen LogP contribution in [0.25, 0.3) is 16.6 Å².